The first-order chi connectivity index (χ1) is 10.3. The number of likely N-dealkylation sites (N-methyl/N-ethyl adjacent to an activating group) is 1. The van der Waals surface area contributed by atoms with Crippen LogP contribution in [0.5, 0.6) is 0 Å². The van der Waals surface area contributed by atoms with Crippen LogP contribution in [0.15, 0.2) is 17.5 Å². The molecular formula is C17H27ClN2OS. The Morgan fingerprint density at radius 2 is 2.23 bits per heavy atom. The zero-order chi connectivity index (χ0) is 14.7. The average Bonchev–Trinajstić information content (AvgIpc) is 3.16. The van der Waals surface area contributed by atoms with Crippen molar-refractivity contribution in [3.05, 3.63) is 22.4 Å². The third-order valence-corrected chi connectivity index (χ3v) is 6.00. The standard InChI is InChI=1S/C17H26N2OS.ClH/c1-2-19(10-9-14-7-5-11-21-14)17(20)16-12-13-6-3-4-8-15(13)18-16;/h5,7,11,13,15-16,18H,2-4,6,8-10,12H2,1H3;1H. The first-order valence-corrected chi connectivity index (χ1v) is 9.23. The molecule has 1 N–H and O–H groups in total. The van der Waals surface area contributed by atoms with Gasteiger partial charge in [0.25, 0.3) is 0 Å². The summed E-state index contributed by atoms with van der Waals surface area (Å²) in [5.41, 5.74) is 0. The molecule has 0 radical (unpaired) electrons. The van der Waals surface area contributed by atoms with E-state index < -0.39 is 0 Å². The third-order valence-electron chi connectivity index (χ3n) is 5.06. The van der Waals surface area contributed by atoms with E-state index in [2.05, 4.69) is 29.8 Å². The number of carbonyl (C=O) groups excluding carboxylic acids is 1. The lowest BCUT2D eigenvalue weighted by Gasteiger charge is -2.25. The largest absolute Gasteiger partial charge is 0.341 e. The first kappa shape index (κ1) is 17.8. The van der Waals surface area contributed by atoms with E-state index in [4.69, 9.17) is 0 Å². The number of nitrogens with zero attached hydrogens (tertiary/aromatic N) is 1. The van der Waals surface area contributed by atoms with E-state index in [-0.39, 0.29) is 18.4 Å². The van der Waals surface area contributed by atoms with Gasteiger partial charge >= 0.3 is 0 Å². The Balaban J connectivity index is 0.00000176. The van der Waals surface area contributed by atoms with Gasteiger partial charge in [-0.05, 0) is 50.0 Å². The molecule has 0 bridgehead atoms. The summed E-state index contributed by atoms with van der Waals surface area (Å²) in [6.07, 6.45) is 7.28. The Hall–Kier alpha value is -0.580. The van der Waals surface area contributed by atoms with Gasteiger partial charge in [-0.25, -0.2) is 0 Å². The molecule has 1 aromatic heterocycles. The molecule has 1 saturated heterocycles. The quantitative estimate of drug-likeness (QED) is 0.888. The maximum absolute atomic E-state index is 12.7. The predicted molar refractivity (Wildman–Crippen MR) is 94.8 cm³/mol. The zero-order valence-electron chi connectivity index (χ0n) is 13.3. The summed E-state index contributed by atoms with van der Waals surface area (Å²) in [5.74, 6) is 1.06. The van der Waals surface area contributed by atoms with Crippen molar-refractivity contribution in [2.24, 2.45) is 5.92 Å². The fraction of sp³-hybridized carbons (Fsp3) is 0.706. The maximum atomic E-state index is 12.7. The Morgan fingerprint density at radius 3 is 2.91 bits per heavy atom. The number of amides is 1. The van der Waals surface area contributed by atoms with Crippen molar-refractivity contribution in [1.29, 1.82) is 0 Å². The van der Waals surface area contributed by atoms with Crippen LogP contribution < -0.4 is 5.32 Å². The van der Waals surface area contributed by atoms with Crippen LogP contribution in [0, 0.1) is 5.92 Å². The number of rotatable bonds is 5. The predicted octanol–water partition coefficient (Wildman–Crippen LogP) is 3.48. The molecule has 3 atom stereocenters. The molecule has 5 heteroatoms. The third kappa shape index (κ3) is 4.03. The second kappa shape index (κ2) is 8.32. The van der Waals surface area contributed by atoms with Crippen LogP contribution in [-0.4, -0.2) is 36.0 Å². The van der Waals surface area contributed by atoms with Gasteiger partial charge in [0.15, 0.2) is 0 Å². The molecule has 3 unspecified atom stereocenters. The van der Waals surface area contributed by atoms with E-state index in [1.807, 2.05) is 4.90 Å². The number of hydrogen-bond donors (Lipinski definition) is 1. The summed E-state index contributed by atoms with van der Waals surface area (Å²) in [5, 5.41) is 5.72. The molecule has 2 fully saturated rings. The molecular weight excluding hydrogens is 316 g/mol. The highest BCUT2D eigenvalue weighted by Crippen LogP contribution is 2.33. The molecule has 3 nitrogen and oxygen atoms in total. The molecule has 3 rings (SSSR count). The fourth-order valence-corrected chi connectivity index (χ4v) is 4.55. The SMILES string of the molecule is CCN(CCc1cccs1)C(=O)C1CC2CCCCC2N1.Cl. The van der Waals surface area contributed by atoms with E-state index in [0.717, 1.165) is 31.8 Å². The second-order valence-electron chi connectivity index (χ2n) is 6.35. The molecule has 1 saturated carbocycles. The summed E-state index contributed by atoms with van der Waals surface area (Å²) in [7, 11) is 0. The monoisotopic (exact) mass is 342 g/mol. The Bertz CT molecular complexity index is 451. The molecule has 22 heavy (non-hydrogen) atoms. The minimum Gasteiger partial charge on any atom is -0.341 e. The van der Waals surface area contributed by atoms with E-state index in [9.17, 15) is 4.79 Å². The number of carbonyl (C=O) groups is 1. The number of hydrogen-bond acceptors (Lipinski definition) is 3. The zero-order valence-corrected chi connectivity index (χ0v) is 14.9. The summed E-state index contributed by atoms with van der Waals surface area (Å²) in [6, 6.07) is 4.91. The van der Waals surface area contributed by atoms with Crippen LogP contribution in [0.2, 0.25) is 0 Å². The van der Waals surface area contributed by atoms with Gasteiger partial charge in [-0.15, -0.1) is 23.7 Å². The van der Waals surface area contributed by atoms with Crippen molar-refractivity contribution in [3.63, 3.8) is 0 Å². The van der Waals surface area contributed by atoms with Crippen LogP contribution in [0.1, 0.15) is 43.9 Å². The highest BCUT2D eigenvalue weighted by atomic mass is 35.5. The first-order valence-electron chi connectivity index (χ1n) is 8.35. The van der Waals surface area contributed by atoms with Crippen LogP contribution in [-0.2, 0) is 11.2 Å². The smallest absolute Gasteiger partial charge is 0.239 e. The Morgan fingerprint density at radius 1 is 1.41 bits per heavy atom. The van der Waals surface area contributed by atoms with Crippen molar-refractivity contribution in [2.45, 2.75) is 57.5 Å². The van der Waals surface area contributed by atoms with Crippen molar-refractivity contribution >= 4 is 29.7 Å². The van der Waals surface area contributed by atoms with Gasteiger partial charge in [0.2, 0.25) is 5.91 Å². The van der Waals surface area contributed by atoms with Gasteiger partial charge in [-0.1, -0.05) is 18.9 Å². The lowest BCUT2D eigenvalue weighted by Crippen LogP contribution is -2.46. The van der Waals surface area contributed by atoms with Gasteiger partial charge in [0.05, 0.1) is 6.04 Å². The topological polar surface area (TPSA) is 32.3 Å². The molecule has 1 amide bonds. The van der Waals surface area contributed by atoms with Crippen molar-refractivity contribution in [3.8, 4) is 0 Å². The summed E-state index contributed by atoms with van der Waals surface area (Å²) in [4.78, 5) is 16.2. The lowest BCUT2D eigenvalue weighted by atomic mass is 9.85. The van der Waals surface area contributed by atoms with Gasteiger partial charge in [-0.3, -0.25) is 4.79 Å². The number of halogens is 1. The van der Waals surface area contributed by atoms with Crippen molar-refractivity contribution < 1.29 is 4.79 Å². The molecule has 2 heterocycles. The van der Waals surface area contributed by atoms with Gasteiger partial charge in [-0.2, -0.15) is 0 Å². The molecule has 124 valence electrons. The highest BCUT2D eigenvalue weighted by molar-refractivity contribution is 7.09. The molecule has 0 aromatic carbocycles. The highest BCUT2D eigenvalue weighted by Gasteiger charge is 2.39. The van der Waals surface area contributed by atoms with Crippen LogP contribution >= 0.6 is 23.7 Å². The average molecular weight is 343 g/mol. The van der Waals surface area contributed by atoms with E-state index in [1.165, 1.54) is 30.6 Å². The van der Waals surface area contributed by atoms with Crippen LogP contribution in [0.25, 0.3) is 0 Å². The second-order valence-corrected chi connectivity index (χ2v) is 7.39. The minimum absolute atomic E-state index is 0. The summed E-state index contributed by atoms with van der Waals surface area (Å²) in [6.45, 7) is 3.76. The molecule has 1 aromatic rings. The van der Waals surface area contributed by atoms with Crippen molar-refractivity contribution in [2.75, 3.05) is 13.1 Å². The molecule has 2 aliphatic rings. The van der Waals surface area contributed by atoms with Crippen LogP contribution in [0.4, 0.5) is 0 Å². The maximum Gasteiger partial charge on any atom is 0.239 e. The minimum atomic E-state index is 0. The van der Waals surface area contributed by atoms with Gasteiger partial charge in [0.1, 0.15) is 0 Å². The molecule has 1 aliphatic heterocycles. The lowest BCUT2D eigenvalue weighted by molar-refractivity contribution is -0.133. The number of fused-ring (bicyclic) bond motifs is 1. The Labute approximate surface area is 143 Å². The molecule has 0 spiro atoms. The van der Waals surface area contributed by atoms with Crippen molar-refractivity contribution in [1.82, 2.24) is 10.2 Å². The van der Waals surface area contributed by atoms with E-state index in [0.29, 0.717) is 11.9 Å². The summed E-state index contributed by atoms with van der Waals surface area (Å²) < 4.78 is 0. The number of nitrogens with one attached hydrogen (secondary N) is 1. The molecule has 1 aliphatic carbocycles. The van der Waals surface area contributed by atoms with Crippen LogP contribution in [0.3, 0.4) is 0 Å². The van der Waals surface area contributed by atoms with Gasteiger partial charge < -0.3 is 10.2 Å². The van der Waals surface area contributed by atoms with Gasteiger partial charge in [0, 0.05) is 24.0 Å². The van der Waals surface area contributed by atoms with E-state index >= 15 is 0 Å². The Kier molecular flexibility index (Phi) is 6.72. The number of thiophene rings is 1. The normalized spacial score (nSPS) is 27.0. The summed E-state index contributed by atoms with van der Waals surface area (Å²) >= 11 is 1.78. The van der Waals surface area contributed by atoms with E-state index in [1.54, 1.807) is 11.3 Å². The fourth-order valence-electron chi connectivity index (χ4n) is 3.86.